The smallest absolute Gasteiger partial charge is 0.211 e. The maximum absolute atomic E-state index is 12.0. The van der Waals surface area contributed by atoms with Crippen LogP contribution in [0.1, 0.15) is 71.6 Å². The Labute approximate surface area is 162 Å². The maximum Gasteiger partial charge on any atom is 0.211 e. The predicted octanol–water partition coefficient (Wildman–Crippen LogP) is 2.38. The van der Waals surface area contributed by atoms with Crippen molar-refractivity contribution in [2.75, 3.05) is 0 Å². The maximum atomic E-state index is 12.0. The van der Waals surface area contributed by atoms with Crippen LogP contribution in [-0.2, 0) is 0 Å². The van der Waals surface area contributed by atoms with Gasteiger partial charge in [-0.2, -0.15) is 5.10 Å². The van der Waals surface area contributed by atoms with Crippen LogP contribution < -0.4 is 11.5 Å². The van der Waals surface area contributed by atoms with Gasteiger partial charge < -0.3 is 21.7 Å². The number of aliphatic hydroxyl groups excluding tert-OH is 1. The van der Waals surface area contributed by atoms with Gasteiger partial charge >= 0.3 is 0 Å². The minimum atomic E-state index is -0.630. The Kier molecular flexibility index (Phi) is 4.58. The predicted molar refractivity (Wildman–Crippen MR) is 107 cm³/mol. The normalized spacial score (nSPS) is 52.1. The average Bonchev–Trinajstić information content (AvgIpc) is 2.87. The molecule has 6 nitrogen and oxygen atoms in total. The monoisotopic (exact) mass is 376 g/mol. The SMILES string of the molecule is C[C@]12CCC(O)C[C@H]1CC[C@@H]1[C@@H]2CC[C@]2(C)[C@@H](C=NN=C(N)N)CC[C@]12O. The molecule has 6 heteroatoms. The molecule has 0 aromatic rings. The molecule has 152 valence electrons. The van der Waals surface area contributed by atoms with E-state index in [1.54, 1.807) is 0 Å². The zero-order valence-corrected chi connectivity index (χ0v) is 16.8. The molecule has 4 aliphatic carbocycles. The summed E-state index contributed by atoms with van der Waals surface area (Å²) in [6.07, 6.45) is 10.9. The van der Waals surface area contributed by atoms with Crippen LogP contribution in [0, 0.1) is 34.5 Å². The Balaban J connectivity index is 1.60. The molecule has 4 rings (SSSR count). The van der Waals surface area contributed by atoms with E-state index in [1.807, 2.05) is 6.21 Å². The summed E-state index contributed by atoms with van der Waals surface area (Å²) in [5.41, 5.74) is 10.3. The lowest BCUT2D eigenvalue weighted by atomic mass is 9.43. The Morgan fingerprint density at radius 1 is 1.00 bits per heavy atom. The summed E-state index contributed by atoms with van der Waals surface area (Å²) in [5, 5.41) is 30.0. The van der Waals surface area contributed by atoms with Gasteiger partial charge in [0.05, 0.1) is 11.7 Å². The zero-order chi connectivity index (χ0) is 19.4. The molecule has 0 aromatic carbocycles. The molecule has 4 aliphatic rings. The van der Waals surface area contributed by atoms with Gasteiger partial charge in [0.2, 0.25) is 5.96 Å². The van der Waals surface area contributed by atoms with E-state index in [1.165, 1.54) is 6.42 Å². The fraction of sp³-hybridized carbons (Fsp3) is 0.905. The number of nitrogens with zero attached hydrogens (tertiary/aromatic N) is 2. The lowest BCUT2D eigenvalue weighted by Gasteiger charge is -2.63. The summed E-state index contributed by atoms with van der Waals surface area (Å²) < 4.78 is 0. The first-order chi connectivity index (χ1) is 12.7. The number of hydrogen-bond acceptors (Lipinski definition) is 4. The Hall–Kier alpha value is -1.14. The summed E-state index contributed by atoms with van der Waals surface area (Å²) in [6.45, 7) is 4.69. The van der Waals surface area contributed by atoms with Gasteiger partial charge in [-0.3, -0.25) is 0 Å². The highest BCUT2D eigenvalue weighted by Gasteiger charge is 2.66. The van der Waals surface area contributed by atoms with E-state index in [2.05, 4.69) is 24.1 Å². The molecule has 0 heterocycles. The van der Waals surface area contributed by atoms with E-state index in [0.717, 1.165) is 51.4 Å². The first-order valence-electron chi connectivity index (χ1n) is 10.7. The number of aliphatic hydroxyl groups is 2. The van der Waals surface area contributed by atoms with E-state index in [0.29, 0.717) is 17.8 Å². The Bertz CT molecular complexity index is 648. The molecule has 4 saturated carbocycles. The van der Waals surface area contributed by atoms with Gasteiger partial charge in [-0.25, -0.2) is 0 Å². The van der Waals surface area contributed by atoms with Crippen molar-refractivity contribution in [1.29, 1.82) is 0 Å². The van der Waals surface area contributed by atoms with E-state index in [4.69, 9.17) is 11.5 Å². The summed E-state index contributed by atoms with van der Waals surface area (Å²) in [7, 11) is 0. The van der Waals surface area contributed by atoms with Crippen molar-refractivity contribution in [3.05, 3.63) is 0 Å². The molecule has 4 fully saturated rings. The van der Waals surface area contributed by atoms with E-state index in [-0.39, 0.29) is 28.8 Å². The van der Waals surface area contributed by atoms with Gasteiger partial charge in [0.15, 0.2) is 0 Å². The average molecular weight is 377 g/mol. The zero-order valence-electron chi connectivity index (χ0n) is 16.8. The third-order valence-electron chi connectivity index (χ3n) is 9.32. The van der Waals surface area contributed by atoms with Gasteiger partial charge in [-0.15, -0.1) is 5.10 Å². The third-order valence-corrected chi connectivity index (χ3v) is 9.32. The van der Waals surface area contributed by atoms with Crippen molar-refractivity contribution >= 4 is 12.2 Å². The molecule has 0 bridgehead atoms. The molecule has 0 aliphatic heterocycles. The summed E-state index contributed by atoms with van der Waals surface area (Å²) in [6, 6.07) is 0. The van der Waals surface area contributed by atoms with Crippen LogP contribution in [0.15, 0.2) is 10.2 Å². The van der Waals surface area contributed by atoms with Crippen molar-refractivity contribution in [2.45, 2.75) is 83.3 Å². The quantitative estimate of drug-likeness (QED) is 0.336. The molecule has 27 heavy (non-hydrogen) atoms. The van der Waals surface area contributed by atoms with Crippen LogP contribution in [-0.4, -0.2) is 34.1 Å². The Morgan fingerprint density at radius 2 is 1.78 bits per heavy atom. The summed E-state index contributed by atoms with van der Waals surface area (Å²) in [4.78, 5) is 0. The highest BCUT2D eigenvalue weighted by molar-refractivity contribution is 5.76. The topological polar surface area (TPSA) is 117 Å². The molecule has 8 atom stereocenters. The molecule has 0 spiro atoms. The second-order valence-electron chi connectivity index (χ2n) is 10.2. The van der Waals surface area contributed by atoms with Crippen molar-refractivity contribution < 1.29 is 10.2 Å². The fourth-order valence-corrected chi connectivity index (χ4v) is 7.66. The molecule has 0 saturated heterocycles. The summed E-state index contributed by atoms with van der Waals surface area (Å²) >= 11 is 0. The van der Waals surface area contributed by atoms with Gasteiger partial charge in [0, 0.05) is 17.5 Å². The minimum absolute atomic E-state index is 0.0286. The second kappa shape index (κ2) is 6.45. The number of nitrogens with two attached hydrogens (primary N) is 2. The fourth-order valence-electron chi connectivity index (χ4n) is 7.66. The van der Waals surface area contributed by atoms with Crippen LogP contribution >= 0.6 is 0 Å². The Morgan fingerprint density at radius 3 is 2.52 bits per heavy atom. The van der Waals surface area contributed by atoms with Crippen LogP contribution in [0.5, 0.6) is 0 Å². The van der Waals surface area contributed by atoms with Crippen LogP contribution in [0.4, 0.5) is 0 Å². The summed E-state index contributed by atoms with van der Waals surface area (Å²) in [5.74, 6) is 1.71. The molecule has 1 unspecified atom stereocenters. The van der Waals surface area contributed by atoms with E-state index in [9.17, 15) is 10.2 Å². The largest absolute Gasteiger partial charge is 0.393 e. The molecular formula is C21H36N4O2. The van der Waals surface area contributed by atoms with Gasteiger partial charge in [0.1, 0.15) is 0 Å². The molecule has 0 amide bonds. The highest BCUT2D eigenvalue weighted by atomic mass is 16.3. The number of guanidine groups is 1. The van der Waals surface area contributed by atoms with Gasteiger partial charge in [-0.05, 0) is 81.0 Å². The molecular weight excluding hydrogens is 340 g/mol. The standard InChI is InChI=1S/C21H36N4O2/c1-19-8-6-15(26)11-13(19)3-4-17-16(19)7-9-20(2)14(5-10-21(17,20)27)12-24-25-18(22)23/h12-17,26-27H,3-11H2,1-2H3,(H4,22,23,25)/t13-,14-,15?,16+,17-,19+,20-,21+/m1/s1. The third kappa shape index (κ3) is 2.74. The highest BCUT2D eigenvalue weighted by Crippen LogP contribution is 2.68. The first-order valence-corrected chi connectivity index (χ1v) is 10.7. The lowest BCUT2D eigenvalue weighted by Crippen LogP contribution is -2.62. The second-order valence-corrected chi connectivity index (χ2v) is 10.2. The number of rotatable bonds is 2. The van der Waals surface area contributed by atoms with Crippen LogP contribution in [0.3, 0.4) is 0 Å². The van der Waals surface area contributed by atoms with Gasteiger partial charge in [0.25, 0.3) is 0 Å². The van der Waals surface area contributed by atoms with Gasteiger partial charge in [-0.1, -0.05) is 13.8 Å². The van der Waals surface area contributed by atoms with Crippen LogP contribution in [0.2, 0.25) is 0 Å². The number of hydrogen-bond donors (Lipinski definition) is 4. The number of fused-ring (bicyclic) bond motifs is 5. The first kappa shape index (κ1) is 19.2. The van der Waals surface area contributed by atoms with Crippen molar-refractivity contribution in [3.8, 4) is 0 Å². The minimum Gasteiger partial charge on any atom is -0.393 e. The molecule has 0 radical (unpaired) electrons. The molecule has 0 aromatic heterocycles. The van der Waals surface area contributed by atoms with Crippen LogP contribution in [0.25, 0.3) is 0 Å². The van der Waals surface area contributed by atoms with Crippen molar-refractivity contribution in [3.63, 3.8) is 0 Å². The lowest BCUT2D eigenvalue weighted by molar-refractivity contribution is -0.206. The van der Waals surface area contributed by atoms with Crippen molar-refractivity contribution in [1.82, 2.24) is 0 Å². The van der Waals surface area contributed by atoms with Crippen molar-refractivity contribution in [2.24, 2.45) is 56.2 Å². The molecule has 6 N–H and O–H groups in total. The van der Waals surface area contributed by atoms with E-state index < -0.39 is 5.60 Å². The van der Waals surface area contributed by atoms with E-state index >= 15 is 0 Å².